The first-order chi connectivity index (χ1) is 12.0. The number of benzene rings is 1. The number of ether oxygens (including phenoxy) is 1. The standard InChI is InChI=1S/C19H22N2O4/c1-13(20-18(23)15-10-6-7-11-15)17(22)21-16(19(24)25-2)12-14-8-4-3-5-9-14/h3-11,13,16,20,23H,12H2,1-2H3,(H,21,22)/p-1/t13-,16-/m0/s1. The van der Waals surface area contributed by atoms with Crippen molar-refractivity contribution in [3.63, 3.8) is 0 Å². The highest BCUT2D eigenvalue weighted by atomic mass is 16.5. The van der Waals surface area contributed by atoms with Crippen LogP contribution in [-0.2, 0) is 20.7 Å². The van der Waals surface area contributed by atoms with Crippen LogP contribution in [0.2, 0.25) is 0 Å². The van der Waals surface area contributed by atoms with Gasteiger partial charge in [-0.25, -0.2) is 4.79 Å². The third kappa shape index (κ3) is 5.24. The van der Waals surface area contributed by atoms with Crippen LogP contribution in [0.25, 0.3) is 0 Å². The van der Waals surface area contributed by atoms with Gasteiger partial charge in [-0.05, 0) is 23.9 Å². The number of methoxy groups -OCH3 is 1. The summed E-state index contributed by atoms with van der Waals surface area (Å²) in [6, 6.07) is 7.70. The SMILES string of the molecule is COC(=O)[C@H](Cc1ccccc1)NC(=O)[C@H](C)NC([O-])=C1C=CC=C1. The number of allylic oxidation sites excluding steroid dienone is 5. The van der Waals surface area contributed by atoms with Crippen molar-refractivity contribution in [3.05, 3.63) is 71.7 Å². The maximum atomic E-state index is 12.3. The van der Waals surface area contributed by atoms with E-state index in [0.29, 0.717) is 12.0 Å². The molecule has 0 saturated carbocycles. The summed E-state index contributed by atoms with van der Waals surface area (Å²) in [5, 5.41) is 17.2. The smallest absolute Gasteiger partial charge is 0.328 e. The van der Waals surface area contributed by atoms with E-state index in [0.717, 1.165) is 5.56 Å². The highest BCUT2D eigenvalue weighted by Gasteiger charge is 2.24. The van der Waals surface area contributed by atoms with Crippen LogP contribution in [-0.4, -0.2) is 31.1 Å². The van der Waals surface area contributed by atoms with Crippen molar-refractivity contribution < 1.29 is 19.4 Å². The number of carbonyl (C=O) groups is 2. The van der Waals surface area contributed by atoms with Crippen LogP contribution >= 0.6 is 0 Å². The zero-order valence-electron chi connectivity index (χ0n) is 14.2. The van der Waals surface area contributed by atoms with Gasteiger partial charge in [-0.15, -0.1) is 0 Å². The fourth-order valence-corrected chi connectivity index (χ4v) is 2.35. The highest BCUT2D eigenvalue weighted by Crippen LogP contribution is 2.09. The summed E-state index contributed by atoms with van der Waals surface area (Å²) in [6.45, 7) is 1.56. The van der Waals surface area contributed by atoms with Crippen molar-refractivity contribution in [2.75, 3.05) is 7.11 Å². The summed E-state index contributed by atoms with van der Waals surface area (Å²) in [5.74, 6) is -1.33. The van der Waals surface area contributed by atoms with E-state index >= 15 is 0 Å². The van der Waals surface area contributed by atoms with E-state index in [1.54, 1.807) is 31.2 Å². The first-order valence-corrected chi connectivity index (χ1v) is 7.96. The van der Waals surface area contributed by atoms with Gasteiger partial charge in [0.25, 0.3) is 0 Å². The van der Waals surface area contributed by atoms with Gasteiger partial charge in [-0.2, -0.15) is 0 Å². The van der Waals surface area contributed by atoms with Gasteiger partial charge in [-0.1, -0.05) is 54.6 Å². The molecule has 6 nitrogen and oxygen atoms in total. The van der Waals surface area contributed by atoms with Crippen LogP contribution in [0, 0.1) is 0 Å². The monoisotopic (exact) mass is 341 g/mol. The van der Waals surface area contributed by atoms with Crippen LogP contribution in [0.4, 0.5) is 0 Å². The molecule has 0 aromatic heterocycles. The molecule has 1 aromatic carbocycles. The second-order valence-electron chi connectivity index (χ2n) is 5.64. The average molecular weight is 341 g/mol. The lowest BCUT2D eigenvalue weighted by molar-refractivity contribution is -0.313. The summed E-state index contributed by atoms with van der Waals surface area (Å²) in [7, 11) is 1.27. The van der Waals surface area contributed by atoms with Crippen molar-refractivity contribution in [1.29, 1.82) is 0 Å². The molecule has 25 heavy (non-hydrogen) atoms. The van der Waals surface area contributed by atoms with Crippen molar-refractivity contribution in [2.45, 2.75) is 25.4 Å². The lowest BCUT2D eigenvalue weighted by Gasteiger charge is -2.24. The fourth-order valence-electron chi connectivity index (χ4n) is 2.35. The van der Waals surface area contributed by atoms with Crippen molar-refractivity contribution >= 4 is 11.9 Å². The minimum atomic E-state index is -0.821. The molecule has 6 heteroatoms. The molecule has 0 spiro atoms. The number of esters is 1. The molecule has 0 fully saturated rings. The van der Waals surface area contributed by atoms with Crippen LogP contribution in [0.3, 0.4) is 0 Å². The van der Waals surface area contributed by atoms with Crippen LogP contribution in [0.1, 0.15) is 12.5 Å². The number of nitrogens with one attached hydrogen (secondary N) is 2. The summed E-state index contributed by atoms with van der Waals surface area (Å²) >= 11 is 0. The van der Waals surface area contributed by atoms with Gasteiger partial charge < -0.3 is 20.5 Å². The Balaban J connectivity index is 2.00. The van der Waals surface area contributed by atoms with Crippen molar-refractivity contribution in [1.82, 2.24) is 10.6 Å². The summed E-state index contributed by atoms with van der Waals surface area (Å²) in [6.07, 6.45) is 7.11. The van der Waals surface area contributed by atoms with Gasteiger partial charge in [0.2, 0.25) is 5.91 Å². The molecule has 0 unspecified atom stereocenters. The second-order valence-corrected chi connectivity index (χ2v) is 5.64. The van der Waals surface area contributed by atoms with E-state index < -0.39 is 24.0 Å². The van der Waals surface area contributed by atoms with Gasteiger partial charge in [0.15, 0.2) is 0 Å². The number of carbonyl (C=O) groups excluding carboxylic acids is 2. The molecule has 0 bridgehead atoms. The number of amides is 1. The van der Waals surface area contributed by atoms with E-state index in [4.69, 9.17) is 4.74 Å². The molecular weight excluding hydrogens is 320 g/mol. The molecular formula is C19H21N2O4-. The predicted molar refractivity (Wildman–Crippen MR) is 92.0 cm³/mol. The van der Waals surface area contributed by atoms with Gasteiger partial charge in [0.05, 0.1) is 7.11 Å². The highest BCUT2D eigenvalue weighted by molar-refractivity contribution is 5.87. The van der Waals surface area contributed by atoms with Crippen LogP contribution < -0.4 is 15.7 Å². The third-order valence-corrected chi connectivity index (χ3v) is 3.75. The molecule has 0 heterocycles. The Bertz CT molecular complexity index is 693. The van der Waals surface area contributed by atoms with E-state index in [9.17, 15) is 14.7 Å². The molecule has 1 aliphatic rings. The predicted octanol–water partition coefficient (Wildman–Crippen LogP) is 0.563. The maximum absolute atomic E-state index is 12.3. The van der Waals surface area contributed by atoms with Gasteiger partial charge >= 0.3 is 5.97 Å². The Kier molecular flexibility index (Phi) is 6.39. The van der Waals surface area contributed by atoms with Crippen molar-refractivity contribution in [2.24, 2.45) is 0 Å². The summed E-state index contributed by atoms with van der Waals surface area (Å²) in [4.78, 5) is 24.3. The van der Waals surface area contributed by atoms with Gasteiger partial charge in [-0.3, -0.25) is 4.79 Å². The van der Waals surface area contributed by atoms with Gasteiger partial charge in [0.1, 0.15) is 12.1 Å². The molecule has 2 N–H and O–H groups in total. The number of hydrogen-bond acceptors (Lipinski definition) is 5. The zero-order chi connectivity index (χ0) is 18.2. The first kappa shape index (κ1) is 18.3. The Morgan fingerprint density at radius 2 is 1.76 bits per heavy atom. The number of hydrogen-bond donors (Lipinski definition) is 2. The molecule has 1 amide bonds. The quantitative estimate of drug-likeness (QED) is 0.559. The molecule has 2 rings (SSSR count). The van der Waals surface area contributed by atoms with Crippen molar-refractivity contribution in [3.8, 4) is 0 Å². The lowest BCUT2D eigenvalue weighted by atomic mass is 10.1. The van der Waals surface area contributed by atoms with E-state index in [-0.39, 0.29) is 5.88 Å². The molecule has 1 aromatic rings. The Morgan fingerprint density at radius 3 is 2.36 bits per heavy atom. The topological polar surface area (TPSA) is 90.5 Å². The third-order valence-electron chi connectivity index (χ3n) is 3.75. The zero-order valence-corrected chi connectivity index (χ0v) is 14.2. The Morgan fingerprint density at radius 1 is 1.12 bits per heavy atom. The largest absolute Gasteiger partial charge is 0.860 e. The second kappa shape index (κ2) is 8.73. The minimum Gasteiger partial charge on any atom is -0.860 e. The maximum Gasteiger partial charge on any atom is 0.328 e. The molecule has 2 atom stereocenters. The lowest BCUT2D eigenvalue weighted by Crippen LogP contribution is -2.51. The molecule has 0 radical (unpaired) electrons. The Labute approximate surface area is 146 Å². The fraction of sp³-hybridized carbons (Fsp3) is 0.263. The van der Waals surface area contributed by atoms with E-state index in [1.165, 1.54) is 7.11 Å². The van der Waals surface area contributed by atoms with E-state index in [2.05, 4.69) is 10.6 Å². The molecule has 1 aliphatic carbocycles. The van der Waals surface area contributed by atoms with Gasteiger partial charge in [0, 0.05) is 6.42 Å². The molecule has 0 aliphatic heterocycles. The van der Waals surface area contributed by atoms with Crippen LogP contribution in [0.15, 0.2) is 66.1 Å². The normalized spacial score (nSPS) is 14.7. The Hall–Kier alpha value is -3.02. The summed E-state index contributed by atoms with van der Waals surface area (Å²) in [5.41, 5.74) is 1.38. The first-order valence-electron chi connectivity index (χ1n) is 7.96. The van der Waals surface area contributed by atoms with Crippen LogP contribution in [0.5, 0.6) is 0 Å². The van der Waals surface area contributed by atoms with E-state index in [1.807, 2.05) is 30.3 Å². The number of rotatable bonds is 7. The molecule has 0 saturated heterocycles. The minimum absolute atomic E-state index is 0.308. The average Bonchev–Trinajstić information content (AvgIpc) is 3.16. The molecule has 132 valence electrons. The summed E-state index contributed by atoms with van der Waals surface area (Å²) < 4.78 is 4.76.